The molecule has 0 N–H and O–H groups in total. The highest BCUT2D eigenvalue weighted by molar-refractivity contribution is 5.22. The van der Waals surface area contributed by atoms with Crippen molar-refractivity contribution in [1.82, 2.24) is 0 Å². The van der Waals surface area contributed by atoms with Crippen LogP contribution in [0.5, 0.6) is 0 Å². The molecule has 1 rings (SSSR count). The maximum Gasteiger partial charge on any atom is 0.0845 e. The quantitative estimate of drug-likeness (QED) is 0.639. The second-order valence-electron chi connectivity index (χ2n) is 2.98. The standard InChI is InChI=1S/C12H16O/c1-3-13-10-9-11(2)12-7-5-4-6-8-12/h4-11H,3H2,1-2H3/b10-9+. The van der Waals surface area contributed by atoms with Crippen LogP contribution < -0.4 is 0 Å². The lowest BCUT2D eigenvalue weighted by Crippen LogP contribution is -1.88. The fourth-order valence-corrected chi connectivity index (χ4v) is 1.14. The van der Waals surface area contributed by atoms with Crippen molar-refractivity contribution in [2.24, 2.45) is 0 Å². The minimum Gasteiger partial charge on any atom is -0.502 e. The zero-order valence-electron chi connectivity index (χ0n) is 8.23. The first-order chi connectivity index (χ1) is 6.34. The SMILES string of the molecule is CCO/C=C/C(C)c1ccccc1. The summed E-state index contributed by atoms with van der Waals surface area (Å²) in [5.41, 5.74) is 1.32. The molecular formula is C12H16O. The van der Waals surface area contributed by atoms with Gasteiger partial charge >= 0.3 is 0 Å². The molecule has 0 fully saturated rings. The molecule has 0 spiro atoms. The van der Waals surface area contributed by atoms with Crippen LogP contribution in [-0.2, 0) is 4.74 Å². The normalized spacial score (nSPS) is 13.1. The van der Waals surface area contributed by atoms with Crippen LogP contribution in [0.15, 0.2) is 42.7 Å². The average Bonchev–Trinajstić information content (AvgIpc) is 2.19. The van der Waals surface area contributed by atoms with E-state index in [1.807, 2.05) is 13.0 Å². The predicted octanol–water partition coefficient (Wildman–Crippen LogP) is 3.34. The fraction of sp³-hybridized carbons (Fsp3) is 0.333. The van der Waals surface area contributed by atoms with Gasteiger partial charge in [-0.2, -0.15) is 0 Å². The minimum absolute atomic E-state index is 0.424. The van der Waals surface area contributed by atoms with Crippen LogP contribution in [0.4, 0.5) is 0 Å². The second-order valence-corrected chi connectivity index (χ2v) is 2.98. The molecule has 70 valence electrons. The van der Waals surface area contributed by atoms with Crippen molar-refractivity contribution in [3.8, 4) is 0 Å². The Hall–Kier alpha value is -1.24. The van der Waals surface area contributed by atoms with Gasteiger partial charge in [0.05, 0.1) is 12.9 Å². The van der Waals surface area contributed by atoms with E-state index in [1.54, 1.807) is 6.26 Å². The monoisotopic (exact) mass is 176 g/mol. The number of benzene rings is 1. The van der Waals surface area contributed by atoms with Crippen LogP contribution in [0, 0.1) is 0 Å². The zero-order valence-corrected chi connectivity index (χ0v) is 8.23. The van der Waals surface area contributed by atoms with E-state index in [-0.39, 0.29) is 0 Å². The highest BCUT2D eigenvalue weighted by Crippen LogP contribution is 2.15. The fourth-order valence-electron chi connectivity index (χ4n) is 1.14. The summed E-state index contributed by atoms with van der Waals surface area (Å²) in [6.45, 7) is 4.88. The van der Waals surface area contributed by atoms with Gasteiger partial charge in [-0.3, -0.25) is 0 Å². The Balaban J connectivity index is 2.53. The average molecular weight is 176 g/mol. The van der Waals surface area contributed by atoms with Crippen LogP contribution >= 0.6 is 0 Å². The first-order valence-corrected chi connectivity index (χ1v) is 4.67. The third kappa shape index (κ3) is 3.32. The predicted molar refractivity (Wildman–Crippen MR) is 55.6 cm³/mol. The maximum atomic E-state index is 5.15. The molecule has 1 nitrogen and oxygen atoms in total. The molecule has 1 aromatic carbocycles. The number of allylic oxidation sites excluding steroid dienone is 1. The number of hydrogen-bond acceptors (Lipinski definition) is 1. The van der Waals surface area contributed by atoms with E-state index >= 15 is 0 Å². The van der Waals surface area contributed by atoms with Crippen molar-refractivity contribution >= 4 is 0 Å². The lowest BCUT2D eigenvalue weighted by molar-refractivity contribution is 0.267. The second kappa shape index (κ2) is 5.41. The highest BCUT2D eigenvalue weighted by Gasteiger charge is 1.98. The molecule has 0 saturated carbocycles. The minimum atomic E-state index is 0.424. The molecule has 1 atom stereocenters. The molecule has 1 heteroatoms. The highest BCUT2D eigenvalue weighted by atomic mass is 16.5. The van der Waals surface area contributed by atoms with Crippen molar-refractivity contribution in [1.29, 1.82) is 0 Å². The molecule has 0 bridgehead atoms. The van der Waals surface area contributed by atoms with E-state index in [0.29, 0.717) is 5.92 Å². The van der Waals surface area contributed by atoms with Crippen molar-refractivity contribution in [2.45, 2.75) is 19.8 Å². The molecule has 0 heterocycles. The van der Waals surface area contributed by atoms with Crippen LogP contribution in [-0.4, -0.2) is 6.61 Å². The number of rotatable bonds is 4. The molecule has 0 saturated heterocycles. The van der Waals surface area contributed by atoms with E-state index in [0.717, 1.165) is 6.61 Å². The molecule has 0 aliphatic carbocycles. The summed E-state index contributed by atoms with van der Waals surface area (Å²) < 4.78 is 5.15. The summed E-state index contributed by atoms with van der Waals surface area (Å²) in [5.74, 6) is 0.424. The number of ether oxygens (including phenoxy) is 1. The van der Waals surface area contributed by atoms with Crippen LogP contribution in [0.1, 0.15) is 25.3 Å². The summed E-state index contributed by atoms with van der Waals surface area (Å²) in [5, 5.41) is 0. The van der Waals surface area contributed by atoms with Crippen molar-refractivity contribution in [2.75, 3.05) is 6.61 Å². The Bertz CT molecular complexity index is 251. The Kier molecular flexibility index (Phi) is 4.10. The summed E-state index contributed by atoms with van der Waals surface area (Å²) in [4.78, 5) is 0. The largest absolute Gasteiger partial charge is 0.502 e. The Labute approximate surface area is 80.0 Å². The first kappa shape index (κ1) is 9.85. The maximum absolute atomic E-state index is 5.15. The van der Waals surface area contributed by atoms with Crippen LogP contribution in [0.3, 0.4) is 0 Å². The smallest absolute Gasteiger partial charge is 0.0845 e. The van der Waals surface area contributed by atoms with Gasteiger partial charge in [-0.15, -0.1) is 0 Å². The Morgan fingerprint density at radius 3 is 2.62 bits per heavy atom. The van der Waals surface area contributed by atoms with E-state index in [9.17, 15) is 0 Å². The lowest BCUT2D eigenvalue weighted by atomic mass is 10.0. The van der Waals surface area contributed by atoms with Crippen molar-refractivity contribution in [3.63, 3.8) is 0 Å². The molecule has 1 aromatic rings. The molecule has 0 amide bonds. The van der Waals surface area contributed by atoms with E-state index in [1.165, 1.54) is 5.56 Å². The van der Waals surface area contributed by atoms with Gasteiger partial charge in [0.15, 0.2) is 0 Å². The Morgan fingerprint density at radius 2 is 2.00 bits per heavy atom. The van der Waals surface area contributed by atoms with Gasteiger partial charge in [-0.1, -0.05) is 37.3 Å². The van der Waals surface area contributed by atoms with Gasteiger partial charge in [0, 0.05) is 5.92 Å². The summed E-state index contributed by atoms with van der Waals surface area (Å²) in [6.07, 6.45) is 3.84. The van der Waals surface area contributed by atoms with Crippen molar-refractivity contribution < 1.29 is 4.74 Å². The molecule has 0 aromatic heterocycles. The van der Waals surface area contributed by atoms with E-state index < -0.39 is 0 Å². The van der Waals surface area contributed by atoms with Gasteiger partial charge in [0.1, 0.15) is 0 Å². The molecular weight excluding hydrogens is 160 g/mol. The molecule has 13 heavy (non-hydrogen) atoms. The van der Waals surface area contributed by atoms with E-state index in [2.05, 4.69) is 37.3 Å². The summed E-state index contributed by atoms with van der Waals surface area (Å²) >= 11 is 0. The van der Waals surface area contributed by atoms with Gasteiger partial charge in [0.2, 0.25) is 0 Å². The zero-order chi connectivity index (χ0) is 9.52. The van der Waals surface area contributed by atoms with Crippen LogP contribution in [0.25, 0.3) is 0 Å². The number of hydrogen-bond donors (Lipinski definition) is 0. The first-order valence-electron chi connectivity index (χ1n) is 4.67. The Morgan fingerprint density at radius 1 is 1.31 bits per heavy atom. The van der Waals surface area contributed by atoms with Gasteiger partial charge in [0.25, 0.3) is 0 Å². The van der Waals surface area contributed by atoms with Gasteiger partial charge in [-0.05, 0) is 18.6 Å². The lowest BCUT2D eigenvalue weighted by Gasteiger charge is -2.05. The van der Waals surface area contributed by atoms with Crippen LogP contribution in [0.2, 0.25) is 0 Å². The van der Waals surface area contributed by atoms with Gasteiger partial charge in [-0.25, -0.2) is 0 Å². The van der Waals surface area contributed by atoms with Gasteiger partial charge < -0.3 is 4.74 Å². The molecule has 0 aliphatic rings. The van der Waals surface area contributed by atoms with E-state index in [4.69, 9.17) is 4.74 Å². The summed E-state index contributed by atoms with van der Waals surface area (Å²) in [6, 6.07) is 10.4. The third-order valence-electron chi connectivity index (χ3n) is 1.96. The summed E-state index contributed by atoms with van der Waals surface area (Å²) in [7, 11) is 0. The molecule has 1 unspecified atom stereocenters. The topological polar surface area (TPSA) is 9.23 Å². The van der Waals surface area contributed by atoms with Crippen molar-refractivity contribution in [3.05, 3.63) is 48.2 Å². The molecule has 0 aliphatic heterocycles. The molecule has 0 radical (unpaired) electrons. The third-order valence-corrected chi connectivity index (χ3v) is 1.96.